The highest BCUT2D eigenvalue weighted by molar-refractivity contribution is 8.07. The average Bonchev–Trinajstić information content (AvgIpc) is 2.01. The van der Waals surface area contributed by atoms with Crippen LogP contribution in [0, 0.1) is 11.8 Å². The molecule has 0 aliphatic carbocycles. The van der Waals surface area contributed by atoms with E-state index in [1.165, 1.54) is 0 Å². The van der Waals surface area contributed by atoms with E-state index in [0.29, 0.717) is 25.0 Å². The minimum absolute atomic E-state index is 0.479. The van der Waals surface area contributed by atoms with E-state index >= 15 is 0 Å². The van der Waals surface area contributed by atoms with E-state index < -0.39 is 6.72 Å². The Hall–Kier alpha value is 0.530. The first-order chi connectivity index (χ1) is 6.83. The Labute approximate surface area is 98.4 Å². The fraction of sp³-hybridized carbons (Fsp3) is 1.00. The van der Waals surface area contributed by atoms with Gasteiger partial charge in [-0.2, -0.15) is 0 Å². The largest absolute Gasteiger partial charge is 0.324 e. The zero-order valence-corrected chi connectivity index (χ0v) is 11.8. The molecule has 0 atom stereocenters. The highest BCUT2D eigenvalue weighted by atomic mass is 32.5. The highest BCUT2D eigenvalue weighted by Gasteiger charge is 2.14. The third kappa shape index (κ3) is 10.8. The quantitative estimate of drug-likeness (QED) is 0.674. The van der Waals surface area contributed by atoms with Crippen LogP contribution in [0.4, 0.5) is 0 Å². The molecular formula is C10H23O3PS. The van der Waals surface area contributed by atoms with Crippen molar-refractivity contribution in [3.05, 3.63) is 0 Å². The summed E-state index contributed by atoms with van der Waals surface area (Å²) in [6.07, 6.45) is 1.79. The lowest BCUT2D eigenvalue weighted by Gasteiger charge is -2.16. The molecule has 1 N–H and O–H groups in total. The summed E-state index contributed by atoms with van der Waals surface area (Å²) in [6, 6.07) is 0. The van der Waals surface area contributed by atoms with Gasteiger partial charge < -0.3 is 13.9 Å². The van der Waals surface area contributed by atoms with Crippen LogP contribution in [0.3, 0.4) is 0 Å². The maximum Gasteiger partial charge on any atom is 0.324 e. The number of hydrogen-bond donors (Lipinski definition) is 1. The molecular weight excluding hydrogens is 231 g/mol. The van der Waals surface area contributed by atoms with Gasteiger partial charge in [-0.3, -0.25) is 0 Å². The summed E-state index contributed by atoms with van der Waals surface area (Å²) in [5, 5.41) is 0. The Bertz CT molecular complexity index is 189. The van der Waals surface area contributed by atoms with E-state index in [1.54, 1.807) is 0 Å². The van der Waals surface area contributed by atoms with Gasteiger partial charge in [-0.25, -0.2) is 0 Å². The lowest BCUT2D eigenvalue weighted by molar-refractivity contribution is 0.182. The van der Waals surface area contributed by atoms with Crippen LogP contribution >= 0.6 is 6.72 Å². The minimum atomic E-state index is -2.97. The lowest BCUT2D eigenvalue weighted by atomic mass is 10.2. The summed E-state index contributed by atoms with van der Waals surface area (Å²) in [5.41, 5.74) is 0. The zero-order chi connectivity index (χ0) is 11.9. The maximum absolute atomic E-state index is 9.62. The van der Waals surface area contributed by atoms with Gasteiger partial charge in [0.1, 0.15) is 0 Å². The molecule has 0 saturated heterocycles. The third-order valence-corrected chi connectivity index (χ3v) is 3.55. The van der Waals surface area contributed by atoms with Crippen molar-refractivity contribution in [1.29, 1.82) is 0 Å². The van der Waals surface area contributed by atoms with Gasteiger partial charge in [-0.15, -0.1) is 0 Å². The molecule has 0 heterocycles. The molecule has 92 valence electrons. The Balaban J connectivity index is 3.63. The van der Waals surface area contributed by atoms with Gasteiger partial charge in [-0.1, -0.05) is 27.7 Å². The molecule has 3 nitrogen and oxygen atoms in total. The van der Waals surface area contributed by atoms with E-state index in [0.717, 1.165) is 12.8 Å². The molecule has 0 radical (unpaired) electrons. The van der Waals surface area contributed by atoms with Gasteiger partial charge in [0.2, 0.25) is 0 Å². The molecule has 0 saturated carbocycles. The van der Waals surface area contributed by atoms with Gasteiger partial charge in [-0.05, 0) is 36.5 Å². The van der Waals surface area contributed by atoms with E-state index in [9.17, 15) is 4.89 Å². The normalized spacial score (nSPS) is 12.7. The summed E-state index contributed by atoms with van der Waals surface area (Å²) in [5.74, 6) is 1.10. The second kappa shape index (κ2) is 7.75. The van der Waals surface area contributed by atoms with Crippen LogP contribution in [0.1, 0.15) is 40.5 Å². The van der Waals surface area contributed by atoms with Gasteiger partial charge in [0.25, 0.3) is 0 Å². The van der Waals surface area contributed by atoms with Gasteiger partial charge >= 0.3 is 6.72 Å². The number of rotatable bonds is 8. The molecule has 0 unspecified atom stereocenters. The van der Waals surface area contributed by atoms with Crippen molar-refractivity contribution in [3.63, 3.8) is 0 Å². The predicted octanol–water partition coefficient (Wildman–Crippen LogP) is 3.33. The van der Waals surface area contributed by atoms with Crippen LogP contribution in [-0.4, -0.2) is 18.1 Å². The van der Waals surface area contributed by atoms with Crippen LogP contribution in [0.5, 0.6) is 0 Å². The van der Waals surface area contributed by atoms with E-state index in [-0.39, 0.29) is 0 Å². The SMILES string of the molecule is CC(C)CCOP(O)(=S)OCCC(C)C. The summed E-state index contributed by atoms with van der Waals surface area (Å²) < 4.78 is 10.4. The highest BCUT2D eigenvalue weighted by Crippen LogP contribution is 2.44. The van der Waals surface area contributed by atoms with E-state index in [4.69, 9.17) is 20.9 Å². The second-order valence-electron chi connectivity index (χ2n) is 4.50. The molecule has 0 aromatic heterocycles. The zero-order valence-electron chi connectivity index (χ0n) is 10.1. The monoisotopic (exact) mass is 254 g/mol. The Morgan fingerprint density at radius 1 is 1.00 bits per heavy atom. The van der Waals surface area contributed by atoms with Crippen LogP contribution in [-0.2, 0) is 20.9 Å². The Morgan fingerprint density at radius 2 is 1.33 bits per heavy atom. The van der Waals surface area contributed by atoms with Crippen molar-refractivity contribution >= 4 is 18.5 Å². The summed E-state index contributed by atoms with van der Waals surface area (Å²) in [4.78, 5) is 9.62. The summed E-state index contributed by atoms with van der Waals surface area (Å²) >= 11 is 4.87. The van der Waals surface area contributed by atoms with Crippen LogP contribution in [0.15, 0.2) is 0 Å². The molecule has 0 aromatic carbocycles. The van der Waals surface area contributed by atoms with Crippen molar-refractivity contribution in [2.45, 2.75) is 40.5 Å². The predicted molar refractivity (Wildman–Crippen MR) is 67.3 cm³/mol. The Kier molecular flexibility index (Phi) is 8.02. The molecule has 0 fully saturated rings. The van der Waals surface area contributed by atoms with Gasteiger partial charge in [0.05, 0.1) is 13.2 Å². The summed E-state index contributed by atoms with van der Waals surface area (Å²) in [6.45, 7) is 6.39. The van der Waals surface area contributed by atoms with Crippen LogP contribution < -0.4 is 0 Å². The molecule has 0 amide bonds. The van der Waals surface area contributed by atoms with Gasteiger partial charge in [0.15, 0.2) is 0 Å². The molecule has 0 aliphatic rings. The van der Waals surface area contributed by atoms with Crippen molar-refractivity contribution in [3.8, 4) is 0 Å². The molecule has 5 heteroatoms. The van der Waals surface area contributed by atoms with Crippen molar-refractivity contribution in [2.24, 2.45) is 11.8 Å². The summed E-state index contributed by atoms with van der Waals surface area (Å²) in [7, 11) is 0. The molecule has 0 bridgehead atoms. The Morgan fingerprint density at radius 3 is 1.60 bits per heavy atom. The fourth-order valence-corrected chi connectivity index (χ4v) is 2.04. The fourth-order valence-electron chi connectivity index (χ4n) is 0.845. The molecule has 0 aliphatic heterocycles. The van der Waals surface area contributed by atoms with Crippen molar-refractivity contribution in [2.75, 3.05) is 13.2 Å². The van der Waals surface area contributed by atoms with Crippen molar-refractivity contribution < 1.29 is 13.9 Å². The van der Waals surface area contributed by atoms with Gasteiger partial charge in [0, 0.05) is 0 Å². The maximum atomic E-state index is 9.62. The second-order valence-corrected chi connectivity index (χ2v) is 7.34. The standard InChI is InChI=1S/C10H23O3PS/c1-9(2)5-7-12-14(11,15)13-8-6-10(3)4/h9-10H,5-8H2,1-4H3,(H,11,15). The topological polar surface area (TPSA) is 38.7 Å². The smallest absolute Gasteiger partial charge is 0.324 e. The average molecular weight is 254 g/mol. The third-order valence-electron chi connectivity index (χ3n) is 1.90. The van der Waals surface area contributed by atoms with E-state index in [2.05, 4.69) is 27.7 Å². The first kappa shape index (κ1) is 15.5. The first-order valence-electron chi connectivity index (χ1n) is 5.45. The molecule has 0 rings (SSSR count). The van der Waals surface area contributed by atoms with Crippen LogP contribution in [0.2, 0.25) is 0 Å². The molecule has 0 aromatic rings. The molecule has 15 heavy (non-hydrogen) atoms. The first-order valence-corrected chi connectivity index (χ1v) is 8.04. The van der Waals surface area contributed by atoms with Crippen LogP contribution in [0.25, 0.3) is 0 Å². The molecule has 0 spiro atoms. The van der Waals surface area contributed by atoms with E-state index in [1.807, 2.05) is 0 Å². The minimum Gasteiger partial charge on any atom is -0.324 e. The lowest BCUT2D eigenvalue weighted by Crippen LogP contribution is -2.02. The number of hydrogen-bond acceptors (Lipinski definition) is 3. The van der Waals surface area contributed by atoms with Crippen molar-refractivity contribution in [1.82, 2.24) is 0 Å².